The molecular weight excluding hydrogens is 747 g/mol. The number of aromatic nitrogens is 2. The maximum atomic E-state index is 14.4. The van der Waals surface area contributed by atoms with Crippen LogP contribution in [0.3, 0.4) is 0 Å². The Labute approximate surface area is 338 Å². The smallest absolute Gasteiger partial charge is 0.407 e. The SMILES string of the molecule is CC(C)c1nc(CN(C)C(=O)NC(CC(=O)N2CCN(C)CC2)C(=O)CC(CCC(Cc2ccccc2)NC(=O)OCc2cncs2)Cc2ccccc2)cs1. The maximum Gasteiger partial charge on any atom is 0.407 e. The first-order valence-electron chi connectivity index (χ1n) is 19.4. The van der Waals surface area contributed by atoms with Crippen LogP contribution in [-0.4, -0.2) is 101 Å². The van der Waals surface area contributed by atoms with E-state index >= 15 is 0 Å². The summed E-state index contributed by atoms with van der Waals surface area (Å²) in [5, 5.41) is 8.96. The van der Waals surface area contributed by atoms with Gasteiger partial charge in [-0.1, -0.05) is 74.5 Å². The molecule has 1 aliphatic rings. The number of hydrogen-bond acceptors (Lipinski definition) is 10. The summed E-state index contributed by atoms with van der Waals surface area (Å²) in [5.74, 6) is -0.184. The van der Waals surface area contributed by atoms with Gasteiger partial charge < -0.3 is 30.1 Å². The van der Waals surface area contributed by atoms with Crippen molar-refractivity contribution in [3.8, 4) is 0 Å². The van der Waals surface area contributed by atoms with Crippen molar-refractivity contribution in [3.05, 3.63) is 104 Å². The van der Waals surface area contributed by atoms with Gasteiger partial charge in [0, 0.05) is 63.2 Å². The van der Waals surface area contributed by atoms with Crippen LogP contribution >= 0.6 is 22.7 Å². The number of nitrogens with one attached hydrogen (secondary N) is 2. The zero-order valence-corrected chi connectivity index (χ0v) is 34.5. The van der Waals surface area contributed by atoms with Crippen LogP contribution in [0.25, 0.3) is 0 Å². The van der Waals surface area contributed by atoms with Gasteiger partial charge in [-0.15, -0.1) is 22.7 Å². The standard InChI is InChI=1S/C42H55N7O5S2/c1-30(2)40-44-35(28-55-40)26-48(4)41(52)46-37(24-39(51)49-19-17-47(3)18-20-49)38(50)23-33(21-31-11-7-5-8-12-31)15-16-34(22-32-13-9-6-10-14-32)45-42(53)54-27-36-25-43-29-56-36/h5-14,25,28-30,33-34,37H,15-24,26-27H2,1-4H3,(H,45,53)(H,46,52). The summed E-state index contributed by atoms with van der Waals surface area (Å²) < 4.78 is 5.53. The van der Waals surface area contributed by atoms with Gasteiger partial charge in [-0.05, 0) is 49.8 Å². The van der Waals surface area contributed by atoms with Crippen LogP contribution in [0.4, 0.5) is 9.59 Å². The van der Waals surface area contributed by atoms with Gasteiger partial charge in [0.2, 0.25) is 5.91 Å². The average Bonchev–Trinajstić information content (AvgIpc) is 3.90. The highest BCUT2D eigenvalue weighted by molar-refractivity contribution is 7.09. The van der Waals surface area contributed by atoms with Crippen LogP contribution in [0, 0.1) is 5.92 Å². The van der Waals surface area contributed by atoms with Crippen molar-refractivity contribution >= 4 is 46.5 Å². The first-order valence-corrected chi connectivity index (χ1v) is 21.1. The lowest BCUT2D eigenvalue weighted by Crippen LogP contribution is -2.52. The first kappa shape index (κ1) is 42.5. The van der Waals surface area contributed by atoms with Crippen LogP contribution in [0.5, 0.6) is 0 Å². The van der Waals surface area contributed by atoms with E-state index in [1.165, 1.54) is 16.2 Å². The molecule has 1 saturated heterocycles. The first-order chi connectivity index (χ1) is 27.0. The lowest BCUT2D eigenvalue weighted by molar-refractivity contribution is -0.135. The number of Topliss-reactive ketones (excluding diaryl/α,β-unsaturated/α-hetero) is 1. The average molecular weight is 802 g/mol. The third-order valence-corrected chi connectivity index (χ3v) is 11.9. The monoisotopic (exact) mass is 801 g/mol. The molecule has 56 heavy (non-hydrogen) atoms. The van der Waals surface area contributed by atoms with Crippen molar-refractivity contribution in [3.63, 3.8) is 0 Å². The minimum atomic E-state index is -1.00. The molecule has 4 amide bonds. The van der Waals surface area contributed by atoms with Gasteiger partial charge >= 0.3 is 12.1 Å². The third-order valence-electron chi connectivity index (χ3n) is 9.99. The molecule has 0 aliphatic carbocycles. The van der Waals surface area contributed by atoms with Crippen molar-refractivity contribution in [2.45, 2.75) is 83.5 Å². The number of carbonyl (C=O) groups is 4. The largest absolute Gasteiger partial charge is 0.444 e. The van der Waals surface area contributed by atoms with Crippen LogP contribution in [-0.2, 0) is 40.3 Å². The van der Waals surface area contributed by atoms with Crippen molar-refractivity contribution < 1.29 is 23.9 Å². The minimum absolute atomic E-state index is 0.113. The van der Waals surface area contributed by atoms with Crippen LogP contribution < -0.4 is 10.6 Å². The zero-order chi connectivity index (χ0) is 39.9. The van der Waals surface area contributed by atoms with E-state index in [0.29, 0.717) is 38.8 Å². The number of rotatable bonds is 19. The number of piperazine rings is 1. The number of likely N-dealkylation sites (N-methyl/N-ethyl adjacent to an activating group) is 1. The molecule has 1 fully saturated rings. The molecule has 0 radical (unpaired) electrons. The fourth-order valence-corrected chi connectivity index (χ4v) is 8.04. The van der Waals surface area contributed by atoms with E-state index in [0.717, 1.165) is 39.8 Å². The Kier molecular flexibility index (Phi) is 16.4. The van der Waals surface area contributed by atoms with Gasteiger partial charge in [-0.25, -0.2) is 14.6 Å². The molecule has 5 rings (SSSR count). The number of carbonyl (C=O) groups excluding carboxylic acids is 4. The molecule has 0 saturated carbocycles. The minimum Gasteiger partial charge on any atom is -0.444 e. The van der Waals surface area contributed by atoms with Crippen molar-refractivity contribution in [2.75, 3.05) is 40.3 Å². The van der Waals surface area contributed by atoms with Crippen LogP contribution in [0.15, 0.2) is 77.8 Å². The quantitative estimate of drug-likeness (QED) is 0.109. The molecule has 2 aromatic carbocycles. The molecule has 14 heteroatoms. The summed E-state index contributed by atoms with van der Waals surface area (Å²) in [5.41, 5.74) is 4.63. The lowest BCUT2D eigenvalue weighted by Gasteiger charge is -2.33. The molecule has 2 N–H and O–H groups in total. The second-order valence-corrected chi connectivity index (χ2v) is 16.8. The summed E-state index contributed by atoms with van der Waals surface area (Å²) in [6.45, 7) is 7.23. The Hall–Kier alpha value is -4.66. The Balaban J connectivity index is 1.31. The molecule has 3 atom stereocenters. The molecule has 2 aromatic heterocycles. The van der Waals surface area contributed by atoms with E-state index in [2.05, 4.69) is 39.3 Å². The van der Waals surface area contributed by atoms with E-state index in [9.17, 15) is 19.2 Å². The molecule has 12 nitrogen and oxygen atoms in total. The number of hydrogen-bond donors (Lipinski definition) is 2. The molecule has 3 unspecified atom stereocenters. The predicted molar refractivity (Wildman–Crippen MR) is 221 cm³/mol. The highest BCUT2D eigenvalue weighted by atomic mass is 32.1. The van der Waals surface area contributed by atoms with Gasteiger partial charge in [-0.3, -0.25) is 14.6 Å². The van der Waals surface area contributed by atoms with Crippen LogP contribution in [0.1, 0.15) is 72.2 Å². The van der Waals surface area contributed by atoms with Gasteiger partial charge in [0.15, 0.2) is 5.78 Å². The second kappa shape index (κ2) is 21.6. The van der Waals surface area contributed by atoms with Gasteiger partial charge in [0.25, 0.3) is 0 Å². The normalized spacial score (nSPS) is 14.8. The van der Waals surface area contributed by atoms with E-state index in [1.54, 1.807) is 35.0 Å². The lowest BCUT2D eigenvalue weighted by atomic mass is 9.86. The van der Waals surface area contributed by atoms with E-state index < -0.39 is 18.2 Å². The summed E-state index contributed by atoms with van der Waals surface area (Å²) >= 11 is 2.99. The fourth-order valence-electron chi connectivity index (χ4n) is 6.71. The number of nitrogens with zero attached hydrogens (tertiary/aromatic N) is 5. The molecule has 0 bridgehead atoms. The Morgan fingerprint density at radius 1 is 0.875 bits per heavy atom. The van der Waals surface area contributed by atoms with Crippen LogP contribution in [0.2, 0.25) is 0 Å². The topological polar surface area (TPSA) is 137 Å². The highest BCUT2D eigenvalue weighted by Gasteiger charge is 2.31. The molecule has 0 spiro atoms. The second-order valence-electron chi connectivity index (χ2n) is 15.0. The highest BCUT2D eigenvalue weighted by Crippen LogP contribution is 2.23. The molecule has 1 aliphatic heterocycles. The summed E-state index contributed by atoms with van der Waals surface area (Å²) in [4.78, 5) is 69.8. The number of ether oxygens (including phenoxy) is 1. The Morgan fingerprint density at radius 3 is 2.18 bits per heavy atom. The predicted octanol–water partition coefficient (Wildman–Crippen LogP) is 6.53. The summed E-state index contributed by atoms with van der Waals surface area (Å²) in [6.07, 6.45) is 3.61. The summed E-state index contributed by atoms with van der Waals surface area (Å²) in [6, 6.07) is 18.3. The number of ketones is 1. The van der Waals surface area contributed by atoms with Gasteiger partial charge in [0.1, 0.15) is 6.61 Å². The zero-order valence-electron chi connectivity index (χ0n) is 32.9. The number of benzene rings is 2. The summed E-state index contributed by atoms with van der Waals surface area (Å²) in [7, 11) is 3.70. The maximum absolute atomic E-state index is 14.4. The molecule has 3 heterocycles. The number of amides is 4. The Bertz CT molecular complexity index is 1810. The van der Waals surface area contributed by atoms with Crippen molar-refractivity contribution in [2.24, 2.45) is 5.92 Å². The van der Waals surface area contributed by atoms with E-state index in [-0.39, 0.29) is 55.6 Å². The number of thiazole rings is 2. The van der Waals surface area contributed by atoms with Crippen molar-refractivity contribution in [1.29, 1.82) is 0 Å². The van der Waals surface area contributed by atoms with Gasteiger partial charge in [-0.2, -0.15) is 0 Å². The van der Waals surface area contributed by atoms with E-state index in [1.807, 2.05) is 73.1 Å². The fraction of sp³-hybridized carbons (Fsp3) is 0.476. The number of alkyl carbamates (subject to hydrolysis) is 1. The van der Waals surface area contributed by atoms with Gasteiger partial charge in [0.05, 0.1) is 40.1 Å². The number of urea groups is 1. The van der Waals surface area contributed by atoms with Crippen molar-refractivity contribution in [1.82, 2.24) is 35.3 Å². The molecular formula is C42H55N7O5S2. The van der Waals surface area contributed by atoms with E-state index in [4.69, 9.17) is 4.74 Å². The molecule has 4 aromatic rings. The Morgan fingerprint density at radius 2 is 1.55 bits per heavy atom. The molecule has 300 valence electrons. The third kappa shape index (κ3) is 13.8.